The van der Waals surface area contributed by atoms with Crippen LogP contribution < -0.4 is 10.9 Å². The molecule has 0 aliphatic carbocycles. The molecular formula is C15H14BrN3O3. The molecule has 6 nitrogen and oxygen atoms in total. The number of H-pyrrole nitrogens is 1. The van der Waals surface area contributed by atoms with Crippen molar-refractivity contribution in [2.45, 2.75) is 12.8 Å². The average Bonchev–Trinajstić information content (AvgIpc) is 2.97. The Morgan fingerprint density at radius 1 is 1.05 bits per heavy atom. The molecule has 0 bridgehead atoms. The molecule has 0 aliphatic heterocycles. The third-order valence-electron chi connectivity index (χ3n) is 2.88. The van der Waals surface area contributed by atoms with Gasteiger partial charge in [0, 0.05) is 29.1 Å². The monoisotopic (exact) mass is 363 g/mol. The fourth-order valence-corrected chi connectivity index (χ4v) is 2.09. The number of aromatic nitrogens is 1. The zero-order chi connectivity index (χ0) is 15.9. The van der Waals surface area contributed by atoms with Gasteiger partial charge in [0.15, 0.2) is 5.78 Å². The summed E-state index contributed by atoms with van der Waals surface area (Å²) in [5.74, 6) is -1.01. The van der Waals surface area contributed by atoms with Crippen molar-refractivity contribution in [3.05, 3.63) is 58.3 Å². The summed E-state index contributed by atoms with van der Waals surface area (Å²) in [5.41, 5.74) is 5.42. The van der Waals surface area contributed by atoms with Crippen LogP contribution in [0.1, 0.15) is 33.7 Å². The van der Waals surface area contributed by atoms with E-state index in [0.717, 1.165) is 4.47 Å². The predicted molar refractivity (Wildman–Crippen MR) is 84.1 cm³/mol. The Balaban J connectivity index is 1.74. The first-order chi connectivity index (χ1) is 10.6. The van der Waals surface area contributed by atoms with E-state index in [9.17, 15) is 14.4 Å². The average molecular weight is 364 g/mol. The number of nitrogens with one attached hydrogen (secondary N) is 3. The number of benzene rings is 1. The molecule has 1 heterocycles. The molecule has 0 aliphatic rings. The summed E-state index contributed by atoms with van der Waals surface area (Å²) >= 11 is 3.21. The van der Waals surface area contributed by atoms with Gasteiger partial charge in [-0.1, -0.05) is 30.3 Å². The van der Waals surface area contributed by atoms with Crippen LogP contribution in [0.4, 0.5) is 0 Å². The molecule has 2 rings (SSSR count). The van der Waals surface area contributed by atoms with Crippen molar-refractivity contribution in [1.29, 1.82) is 0 Å². The van der Waals surface area contributed by atoms with Crippen molar-refractivity contribution < 1.29 is 14.4 Å². The molecule has 0 atom stereocenters. The Kier molecular flexibility index (Phi) is 5.48. The third-order valence-corrected chi connectivity index (χ3v) is 3.34. The summed E-state index contributed by atoms with van der Waals surface area (Å²) in [7, 11) is 0. The van der Waals surface area contributed by atoms with E-state index in [0.29, 0.717) is 11.3 Å². The Morgan fingerprint density at radius 3 is 2.41 bits per heavy atom. The van der Waals surface area contributed by atoms with Gasteiger partial charge in [0.2, 0.25) is 5.91 Å². The highest BCUT2D eigenvalue weighted by molar-refractivity contribution is 9.10. The maximum absolute atomic E-state index is 11.8. The summed E-state index contributed by atoms with van der Waals surface area (Å²) in [6.45, 7) is 0. The summed E-state index contributed by atoms with van der Waals surface area (Å²) < 4.78 is 0.734. The highest BCUT2D eigenvalue weighted by Crippen LogP contribution is 2.10. The molecule has 0 radical (unpaired) electrons. The van der Waals surface area contributed by atoms with Gasteiger partial charge in [0.05, 0.1) is 0 Å². The Hall–Kier alpha value is -2.41. The SMILES string of the molecule is O=C(CCC(=O)c1ccccc1)NNC(=O)c1cc(Br)c[nH]1. The summed E-state index contributed by atoms with van der Waals surface area (Å²) in [6, 6.07) is 10.3. The van der Waals surface area contributed by atoms with Gasteiger partial charge in [-0.15, -0.1) is 0 Å². The number of rotatable bonds is 5. The maximum Gasteiger partial charge on any atom is 0.286 e. The van der Waals surface area contributed by atoms with E-state index >= 15 is 0 Å². The lowest BCUT2D eigenvalue weighted by Crippen LogP contribution is -2.41. The highest BCUT2D eigenvalue weighted by atomic mass is 79.9. The van der Waals surface area contributed by atoms with Crippen LogP contribution >= 0.6 is 15.9 Å². The van der Waals surface area contributed by atoms with Crippen molar-refractivity contribution in [3.8, 4) is 0 Å². The van der Waals surface area contributed by atoms with Crippen molar-refractivity contribution in [1.82, 2.24) is 15.8 Å². The number of Topliss-reactive ketones (excluding diaryl/α,β-unsaturated/α-hetero) is 1. The molecule has 114 valence electrons. The zero-order valence-corrected chi connectivity index (χ0v) is 13.1. The van der Waals surface area contributed by atoms with Crippen LogP contribution in [-0.2, 0) is 4.79 Å². The Labute approximate surface area is 135 Å². The third kappa shape index (κ3) is 4.56. The van der Waals surface area contributed by atoms with Crippen LogP contribution in [0.2, 0.25) is 0 Å². The van der Waals surface area contributed by atoms with Crippen LogP contribution in [0, 0.1) is 0 Å². The van der Waals surface area contributed by atoms with E-state index < -0.39 is 11.8 Å². The van der Waals surface area contributed by atoms with Crippen LogP contribution in [0.3, 0.4) is 0 Å². The number of aromatic amines is 1. The number of amides is 2. The van der Waals surface area contributed by atoms with Crippen LogP contribution in [0.25, 0.3) is 0 Å². The fraction of sp³-hybridized carbons (Fsp3) is 0.133. The second kappa shape index (κ2) is 7.56. The number of hydrogen-bond donors (Lipinski definition) is 3. The standard InChI is InChI=1S/C15H14BrN3O3/c16-11-8-12(17-9-11)15(22)19-18-14(21)7-6-13(20)10-4-2-1-3-5-10/h1-5,8-9,17H,6-7H2,(H,18,21)(H,19,22). The lowest BCUT2D eigenvalue weighted by molar-refractivity contribution is -0.121. The molecule has 2 aromatic rings. The van der Waals surface area contributed by atoms with E-state index in [1.165, 1.54) is 0 Å². The van der Waals surface area contributed by atoms with E-state index in [2.05, 4.69) is 31.8 Å². The maximum atomic E-state index is 11.8. The second-order valence-corrected chi connectivity index (χ2v) is 5.44. The van der Waals surface area contributed by atoms with Gasteiger partial charge in [0.1, 0.15) is 5.69 Å². The number of halogens is 1. The van der Waals surface area contributed by atoms with Crippen LogP contribution in [-0.4, -0.2) is 22.6 Å². The molecule has 0 spiro atoms. The molecule has 7 heteroatoms. The minimum Gasteiger partial charge on any atom is -0.356 e. The molecule has 0 saturated carbocycles. The van der Waals surface area contributed by atoms with E-state index in [1.54, 1.807) is 36.5 Å². The van der Waals surface area contributed by atoms with Gasteiger partial charge in [-0.2, -0.15) is 0 Å². The molecular weight excluding hydrogens is 350 g/mol. The Morgan fingerprint density at radius 2 is 1.77 bits per heavy atom. The van der Waals surface area contributed by atoms with Crippen molar-refractivity contribution in [3.63, 3.8) is 0 Å². The summed E-state index contributed by atoms with van der Waals surface area (Å²) in [5, 5.41) is 0. The van der Waals surface area contributed by atoms with Gasteiger partial charge in [-0.25, -0.2) is 0 Å². The first kappa shape index (κ1) is 16.0. The zero-order valence-electron chi connectivity index (χ0n) is 11.6. The predicted octanol–water partition coefficient (Wildman–Crippen LogP) is 2.20. The number of hydrazine groups is 1. The van der Waals surface area contributed by atoms with Crippen molar-refractivity contribution >= 4 is 33.5 Å². The minimum atomic E-state index is -0.464. The van der Waals surface area contributed by atoms with E-state index in [-0.39, 0.29) is 18.6 Å². The second-order valence-electron chi connectivity index (χ2n) is 4.52. The molecule has 0 unspecified atom stereocenters. The van der Waals surface area contributed by atoms with E-state index in [1.807, 2.05) is 6.07 Å². The number of hydrogen-bond acceptors (Lipinski definition) is 3. The normalized spacial score (nSPS) is 10.0. The number of carbonyl (C=O) groups excluding carboxylic acids is 3. The quantitative estimate of drug-likeness (QED) is 0.561. The van der Waals surface area contributed by atoms with Crippen LogP contribution in [0.5, 0.6) is 0 Å². The van der Waals surface area contributed by atoms with Gasteiger partial charge >= 0.3 is 0 Å². The summed E-state index contributed by atoms with van der Waals surface area (Å²) in [6.07, 6.45) is 1.69. The lowest BCUT2D eigenvalue weighted by Gasteiger charge is -2.06. The van der Waals surface area contributed by atoms with Gasteiger partial charge in [-0.3, -0.25) is 25.2 Å². The van der Waals surface area contributed by atoms with Gasteiger partial charge < -0.3 is 4.98 Å². The Bertz CT molecular complexity index is 682. The van der Waals surface area contributed by atoms with Gasteiger partial charge in [0.25, 0.3) is 5.91 Å². The molecule has 22 heavy (non-hydrogen) atoms. The molecule has 1 aromatic heterocycles. The number of carbonyl (C=O) groups is 3. The highest BCUT2D eigenvalue weighted by Gasteiger charge is 2.11. The largest absolute Gasteiger partial charge is 0.356 e. The van der Waals surface area contributed by atoms with Crippen molar-refractivity contribution in [2.75, 3.05) is 0 Å². The first-order valence-electron chi connectivity index (χ1n) is 6.57. The lowest BCUT2D eigenvalue weighted by atomic mass is 10.1. The molecule has 0 fully saturated rings. The molecule has 0 saturated heterocycles. The van der Waals surface area contributed by atoms with E-state index in [4.69, 9.17) is 0 Å². The first-order valence-corrected chi connectivity index (χ1v) is 7.37. The minimum absolute atomic E-state index is 0.00241. The summed E-state index contributed by atoms with van der Waals surface area (Å²) in [4.78, 5) is 37.9. The molecule has 3 N–H and O–H groups in total. The fourth-order valence-electron chi connectivity index (χ4n) is 1.75. The molecule has 1 aromatic carbocycles. The van der Waals surface area contributed by atoms with Gasteiger partial charge in [-0.05, 0) is 22.0 Å². The van der Waals surface area contributed by atoms with Crippen LogP contribution in [0.15, 0.2) is 47.1 Å². The number of ketones is 1. The topological polar surface area (TPSA) is 91.1 Å². The van der Waals surface area contributed by atoms with Crippen molar-refractivity contribution in [2.24, 2.45) is 0 Å². The smallest absolute Gasteiger partial charge is 0.286 e. The molecule has 2 amide bonds.